The lowest BCUT2D eigenvalue weighted by atomic mass is 10.0. The maximum atomic E-state index is 13.8. The van der Waals surface area contributed by atoms with Gasteiger partial charge in [-0.2, -0.15) is 0 Å². The van der Waals surface area contributed by atoms with Crippen molar-refractivity contribution in [3.63, 3.8) is 0 Å². The van der Waals surface area contributed by atoms with Crippen LogP contribution in [0.4, 0.5) is 0 Å². The second-order valence-corrected chi connectivity index (χ2v) is 18.4. The molecular formula is C48H76N10O13. The number of nitrogens with zero attached hydrogens (tertiary/aromatic N) is 1. The van der Waals surface area contributed by atoms with E-state index >= 15 is 0 Å². The van der Waals surface area contributed by atoms with Crippen LogP contribution in [0.25, 0.3) is 0 Å². The molecule has 3 aliphatic rings. The molecule has 12 N–H and O–H groups in total. The Morgan fingerprint density at radius 3 is 2.08 bits per heavy atom. The highest BCUT2D eigenvalue weighted by Crippen LogP contribution is 2.20. The first-order chi connectivity index (χ1) is 33.9. The molecule has 0 aromatic heterocycles. The molecule has 4 rings (SSSR count). The van der Waals surface area contributed by atoms with Gasteiger partial charge in [0.05, 0.1) is 19.1 Å². The minimum Gasteiger partial charge on any atom is -0.494 e. The second kappa shape index (κ2) is 31.8. The average Bonchev–Trinajstić information content (AvgIpc) is 3.80. The number of nitrogens with one attached hydrogen (secondary N) is 8. The van der Waals surface area contributed by atoms with E-state index in [2.05, 4.69) is 42.5 Å². The maximum Gasteiger partial charge on any atom is 0.305 e. The highest BCUT2D eigenvalue weighted by molar-refractivity contribution is 5.96. The second-order valence-electron chi connectivity index (χ2n) is 18.4. The Labute approximate surface area is 415 Å². The summed E-state index contributed by atoms with van der Waals surface area (Å²) in [7, 11) is 1.48. The van der Waals surface area contributed by atoms with Gasteiger partial charge in [-0.05, 0) is 101 Å². The third-order valence-corrected chi connectivity index (χ3v) is 12.1. The summed E-state index contributed by atoms with van der Waals surface area (Å²) in [6, 6.07) is 0.0960. The van der Waals surface area contributed by atoms with Crippen LogP contribution in [-0.2, 0) is 54.4 Å². The monoisotopic (exact) mass is 1000 g/mol. The van der Waals surface area contributed by atoms with Crippen LogP contribution in [0.3, 0.4) is 0 Å². The zero-order chi connectivity index (χ0) is 52.3. The lowest BCUT2D eigenvalue weighted by molar-refractivity contribution is -0.141. The molecule has 1 aromatic rings. The van der Waals surface area contributed by atoms with Crippen molar-refractivity contribution >= 4 is 59.2 Å². The normalized spacial score (nSPS) is 23.3. The largest absolute Gasteiger partial charge is 0.494 e. The van der Waals surface area contributed by atoms with Crippen LogP contribution >= 0.6 is 0 Å². The highest BCUT2D eigenvalue weighted by atomic mass is 16.5. The van der Waals surface area contributed by atoms with E-state index in [1.165, 1.54) is 7.05 Å². The van der Waals surface area contributed by atoms with Crippen molar-refractivity contribution < 1.29 is 62.9 Å². The molecule has 23 nitrogen and oxygen atoms in total. The summed E-state index contributed by atoms with van der Waals surface area (Å²) in [5.74, 6) is -7.09. The first-order valence-electron chi connectivity index (χ1n) is 24.8. The van der Waals surface area contributed by atoms with E-state index < -0.39 is 102 Å². The lowest BCUT2D eigenvalue weighted by Crippen LogP contribution is -2.58. The standard InChI is InChI=1S/C48H76N10O13/c1-30(2)27-35-46(68)56-37(29-42(63)64)47(69)54-34(18-19-41(61)62)43(65)51-22-8-4-5-13-40(60)53-33(11-6-7-21-49)45(67)55-36(44(66)52-23-20-39(59)50-3)28-31-14-16-32(17-15-31)71-26-10-25-58-24-9-12-38(58)48(70)57-35/h14-17,30,33-38H,4-13,18-29,49H2,1-3H3,(H,50,59)(H,51,65)(H,52,66)(H,53,60)(H,54,69)(H,55,67)(H,56,68)(H,57,70)(H,61,62)(H,63,64)/t33-,34-,35-,36-,37-,38-/m0/s1. The summed E-state index contributed by atoms with van der Waals surface area (Å²) in [6.45, 7) is 5.51. The molecule has 2 bridgehead atoms. The van der Waals surface area contributed by atoms with Crippen LogP contribution in [0.1, 0.15) is 116 Å². The van der Waals surface area contributed by atoms with Crippen molar-refractivity contribution in [2.24, 2.45) is 11.7 Å². The van der Waals surface area contributed by atoms with Gasteiger partial charge in [-0.25, -0.2) is 0 Å². The van der Waals surface area contributed by atoms with Gasteiger partial charge in [0, 0.05) is 52.4 Å². The number of rotatable bonds is 15. The number of ether oxygens (including phenoxy) is 1. The van der Waals surface area contributed by atoms with E-state index in [0.29, 0.717) is 75.9 Å². The van der Waals surface area contributed by atoms with Crippen molar-refractivity contribution in [1.82, 2.24) is 47.4 Å². The Bertz CT molecular complexity index is 1950. The zero-order valence-corrected chi connectivity index (χ0v) is 41.3. The maximum absolute atomic E-state index is 13.8. The molecular weight excluding hydrogens is 925 g/mol. The predicted octanol–water partition coefficient (Wildman–Crippen LogP) is -0.657. The molecule has 1 fully saturated rings. The van der Waals surface area contributed by atoms with Crippen LogP contribution in [-0.4, -0.2) is 157 Å². The summed E-state index contributed by atoms with van der Waals surface area (Å²) in [6.07, 6.45) is 2.76. The van der Waals surface area contributed by atoms with Crippen LogP contribution in [0.2, 0.25) is 0 Å². The molecule has 3 heterocycles. The van der Waals surface area contributed by atoms with Crippen molar-refractivity contribution in [3.8, 4) is 5.75 Å². The van der Waals surface area contributed by atoms with Crippen LogP contribution in [0.15, 0.2) is 24.3 Å². The first kappa shape index (κ1) is 59.0. The number of carboxylic acids is 2. The molecule has 23 heteroatoms. The molecule has 0 aliphatic carbocycles. The number of benzene rings is 1. The number of hydrogen-bond donors (Lipinski definition) is 11. The van der Waals surface area contributed by atoms with Crippen molar-refractivity contribution in [2.45, 2.75) is 153 Å². The van der Waals surface area contributed by atoms with E-state index in [-0.39, 0.29) is 70.0 Å². The third kappa shape index (κ3) is 22.5. The molecule has 0 saturated carbocycles. The fourth-order valence-electron chi connectivity index (χ4n) is 8.22. The fraction of sp³-hybridized carbons (Fsp3) is 0.667. The minimum absolute atomic E-state index is 0.0148. The lowest BCUT2D eigenvalue weighted by Gasteiger charge is -2.28. The van der Waals surface area contributed by atoms with Crippen molar-refractivity contribution in [2.75, 3.05) is 46.4 Å². The number of aliphatic carboxylic acids is 2. The van der Waals surface area contributed by atoms with E-state index in [4.69, 9.17) is 10.5 Å². The number of unbranched alkanes of at least 4 members (excludes halogenated alkanes) is 1. The molecule has 396 valence electrons. The number of carbonyl (C=O) groups is 10. The first-order valence-corrected chi connectivity index (χ1v) is 24.8. The van der Waals surface area contributed by atoms with Gasteiger partial charge in [0.25, 0.3) is 0 Å². The SMILES string of the molecule is CNC(=O)CCNC(=O)[C@@H]1Cc2ccc(cc2)OCCCN2CCC[C@H]2C(=O)N[C@@H](CC(C)C)C(=O)N[C@@H](CC(=O)O)C(=O)N[C@@H](CCC(=O)O)C(=O)NCCCCCC(=O)N[C@@H](CCCCN)C(=O)N1. The van der Waals surface area contributed by atoms with Gasteiger partial charge in [-0.15, -0.1) is 0 Å². The van der Waals surface area contributed by atoms with Crippen LogP contribution < -0.4 is 53.0 Å². The number of carbonyl (C=O) groups excluding carboxylic acids is 8. The molecule has 6 atom stereocenters. The topological polar surface area (TPSA) is 346 Å². The summed E-state index contributed by atoms with van der Waals surface area (Å²) >= 11 is 0. The average molecular weight is 1000 g/mol. The summed E-state index contributed by atoms with van der Waals surface area (Å²) in [5, 5.41) is 40.2. The van der Waals surface area contributed by atoms with Gasteiger partial charge in [-0.3, -0.25) is 52.8 Å². The zero-order valence-electron chi connectivity index (χ0n) is 41.3. The highest BCUT2D eigenvalue weighted by Gasteiger charge is 2.36. The fourth-order valence-corrected chi connectivity index (χ4v) is 8.22. The number of hydrogen-bond acceptors (Lipinski definition) is 13. The minimum atomic E-state index is -1.69. The Morgan fingerprint density at radius 1 is 0.746 bits per heavy atom. The van der Waals surface area contributed by atoms with Gasteiger partial charge in [0.15, 0.2) is 0 Å². The molecule has 71 heavy (non-hydrogen) atoms. The van der Waals surface area contributed by atoms with Gasteiger partial charge in [-0.1, -0.05) is 32.4 Å². The van der Waals surface area contributed by atoms with Gasteiger partial charge in [0.2, 0.25) is 47.3 Å². The smallest absolute Gasteiger partial charge is 0.305 e. The molecule has 0 radical (unpaired) electrons. The quantitative estimate of drug-likeness (QED) is 0.0768. The van der Waals surface area contributed by atoms with Gasteiger partial charge >= 0.3 is 11.9 Å². The Kier molecular flexibility index (Phi) is 26.4. The van der Waals surface area contributed by atoms with E-state index in [9.17, 15) is 58.2 Å². The summed E-state index contributed by atoms with van der Waals surface area (Å²) < 4.78 is 6.02. The Balaban J connectivity index is 1.89. The van der Waals surface area contributed by atoms with Gasteiger partial charge in [0.1, 0.15) is 36.0 Å². The van der Waals surface area contributed by atoms with E-state index in [1.54, 1.807) is 24.3 Å². The predicted molar refractivity (Wildman–Crippen MR) is 259 cm³/mol. The number of fused-ring (bicyclic) bond motifs is 27. The molecule has 0 unspecified atom stereocenters. The molecule has 1 saturated heterocycles. The van der Waals surface area contributed by atoms with E-state index in [0.717, 1.165) is 6.42 Å². The van der Waals surface area contributed by atoms with Crippen molar-refractivity contribution in [1.29, 1.82) is 0 Å². The Hall–Kier alpha value is -6.36. The summed E-state index contributed by atoms with van der Waals surface area (Å²) in [4.78, 5) is 132. The number of carboxylic acid groups (broad SMARTS) is 2. The number of nitrogens with two attached hydrogens (primary N) is 1. The molecule has 0 spiro atoms. The number of amides is 8. The van der Waals surface area contributed by atoms with Crippen LogP contribution in [0.5, 0.6) is 5.75 Å². The van der Waals surface area contributed by atoms with Crippen LogP contribution in [0, 0.1) is 5.92 Å². The molecule has 1 aromatic carbocycles. The van der Waals surface area contributed by atoms with Crippen molar-refractivity contribution in [3.05, 3.63) is 29.8 Å². The summed E-state index contributed by atoms with van der Waals surface area (Å²) in [5.41, 5.74) is 6.41. The third-order valence-electron chi connectivity index (χ3n) is 12.1. The van der Waals surface area contributed by atoms with E-state index in [1.807, 2.05) is 18.7 Å². The Morgan fingerprint density at radius 2 is 1.41 bits per heavy atom. The molecule has 8 amide bonds. The van der Waals surface area contributed by atoms with Gasteiger partial charge < -0.3 is 63.2 Å². The molecule has 3 aliphatic heterocycles.